The number of hydrogen-bond acceptors (Lipinski definition) is 7. The summed E-state index contributed by atoms with van der Waals surface area (Å²) in [7, 11) is 0. The molecule has 1 saturated heterocycles. The fourth-order valence-corrected chi connectivity index (χ4v) is 3.33. The monoisotopic (exact) mass is 361 g/mol. The highest BCUT2D eigenvalue weighted by molar-refractivity contribution is 7.99. The lowest BCUT2D eigenvalue weighted by molar-refractivity contribution is 0.0616. The van der Waals surface area contributed by atoms with Crippen molar-refractivity contribution < 1.29 is 4.79 Å². The summed E-state index contributed by atoms with van der Waals surface area (Å²) < 4.78 is 0. The van der Waals surface area contributed by atoms with Crippen LogP contribution in [0.2, 0.25) is 0 Å². The van der Waals surface area contributed by atoms with Gasteiger partial charge in [-0.2, -0.15) is 5.10 Å². The average molecular weight is 361 g/mol. The molecule has 0 radical (unpaired) electrons. The Morgan fingerprint density at radius 3 is 2.56 bits per heavy atom. The van der Waals surface area contributed by atoms with Crippen LogP contribution in [-0.4, -0.2) is 72.3 Å². The second-order valence-electron chi connectivity index (χ2n) is 6.11. The van der Waals surface area contributed by atoms with Gasteiger partial charge in [-0.15, -0.1) is 0 Å². The molecule has 9 heteroatoms. The Morgan fingerprint density at radius 1 is 1.24 bits per heavy atom. The molecule has 2 aromatic heterocycles. The third-order valence-electron chi connectivity index (χ3n) is 4.25. The maximum absolute atomic E-state index is 12.2. The number of hydrogen-bond donors (Lipinski definition) is 1. The number of nitrogens with one attached hydrogen (secondary N) is 1. The van der Waals surface area contributed by atoms with Gasteiger partial charge in [-0.3, -0.25) is 14.8 Å². The molecule has 3 heterocycles. The molecule has 1 atom stereocenters. The Balaban J connectivity index is 1.48. The number of piperazine rings is 1. The van der Waals surface area contributed by atoms with Crippen LogP contribution in [0, 0.1) is 0 Å². The first-order valence-corrected chi connectivity index (χ1v) is 9.38. The van der Waals surface area contributed by atoms with E-state index in [0.29, 0.717) is 24.2 Å². The number of aromatic amines is 1. The summed E-state index contributed by atoms with van der Waals surface area (Å²) in [5, 5.41) is 7.72. The first-order chi connectivity index (χ1) is 12.2. The normalized spacial score (nSPS) is 16.8. The molecule has 134 valence electrons. The van der Waals surface area contributed by atoms with Crippen molar-refractivity contribution in [3.8, 4) is 0 Å². The maximum atomic E-state index is 12.2. The van der Waals surface area contributed by atoms with Crippen molar-refractivity contribution in [2.45, 2.75) is 37.2 Å². The summed E-state index contributed by atoms with van der Waals surface area (Å²) in [6.07, 6.45) is 6.27. The van der Waals surface area contributed by atoms with E-state index >= 15 is 0 Å². The van der Waals surface area contributed by atoms with Gasteiger partial charge in [0, 0.05) is 55.9 Å². The van der Waals surface area contributed by atoms with Crippen LogP contribution in [0.3, 0.4) is 0 Å². The van der Waals surface area contributed by atoms with E-state index in [2.05, 4.69) is 43.9 Å². The van der Waals surface area contributed by atoms with Gasteiger partial charge in [-0.25, -0.2) is 15.0 Å². The minimum atomic E-state index is -0.0908. The lowest BCUT2D eigenvalue weighted by Gasteiger charge is -2.34. The second kappa shape index (κ2) is 8.39. The number of rotatable bonds is 6. The number of nitrogens with zero attached hydrogens (tertiary/aromatic N) is 6. The van der Waals surface area contributed by atoms with Gasteiger partial charge in [-0.05, 0) is 6.42 Å². The molecule has 8 nitrogen and oxygen atoms in total. The summed E-state index contributed by atoms with van der Waals surface area (Å²) in [6.45, 7) is 8.16. The third kappa shape index (κ3) is 4.76. The van der Waals surface area contributed by atoms with E-state index in [0.717, 1.165) is 36.8 Å². The maximum Gasteiger partial charge on any atom is 0.291 e. The van der Waals surface area contributed by atoms with Crippen molar-refractivity contribution in [2.24, 2.45) is 0 Å². The van der Waals surface area contributed by atoms with E-state index in [4.69, 9.17) is 0 Å². The molecule has 1 unspecified atom stereocenters. The van der Waals surface area contributed by atoms with E-state index in [-0.39, 0.29) is 5.91 Å². The van der Waals surface area contributed by atoms with E-state index < -0.39 is 0 Å². The van der Waals surface area contributed by atoms with Gasteiger partial charge >= 0.3 is 0 Å². The minimum Gasteiger partial charge on any atom is -0.333 e. The Labute approximate surface area is 151 Å². The van der Waals surface area contributed by atoms with E-state index in [1.54, 1.807) is 16.7 Å². The molecule has 25 heavy (non-hydrogen) atoms. The van der Waals surface area contributed by atoms with Gasteiger partial charge in [0.2, 0.25) is 5.82 Å². The number of carbonyl (C=O) groups excluding carboxylic acids is 1. The van der Waals surface area contributed by atoms with Crippen molar-refractivity contribution >= 4 is 17.7 Å². The van der Waals surface area contributed by atoms with Crippen LogP contribution in [0.25, 0.3) is 0 Å². The molecular formula is C16H23N7OS. The predicted octanol–water partition coefficient (Wildman–Crippen LogP) is 1.44. The second-order valence-corrected chi connectivity index (χ2v) is 7.52. The standard InChI is InChI=1S/C16H23N7OS/c1-3-12(2)25-16-17-8-13(9-18-16)10-22-4-6-23(7-5-22)15(24)14-19-11-20-21-14/h8-9,11-12H,3-7,10H2,1-2H3,(H,19,20,21). The number of thioether (sulfide) groups is 1. The molecule has 1 amide bonds. The van der Waals surface area contributed by atoms with Crippen molar-refractivity contribution in [1.29, 1.82) is 0 Å². The highest BCUT2D eigenvalue weighted by Crippen LogP contribution is 2.21. The molecular weight excluding hydrogens is 338 g/mol. The zero-order valence-corrected chi connectivity index (χ0v) is 15.4. The Morgan fingerprint density at radius 2 is 1.96 bits per heavy atom. The molecule has 0 aliphatic carbocycles. The predicted molar refractivity (Wildman–Crippen MR) is 95.2 cm³/mol. The number of carbonyl (C=O) groups is 1. The third-order valence-corrected chi connectivity index (χ3v) is 5.40. The zero-order chi connectivity index (χ0) is 17.6. The fraction of sp³-hybridized carbons (Fsp3) is 0.562. The van der Waals surface area contributed by atoms with Crippen LogP contribution in [0.15, 0.2) is 23.9 Å². The summed E-state index contributed by atoms with van der Waals surface area (Å²) in [5.41, 5.74) is 1.10. The van der Waals surface area contributed by atoms with Crippen LogP contribution in [0.4, 0.5) is 0 Å². The lowest BCUT2D eigenvalue weighted by Crippen LogP contribution is -2.48. The van der Waals surface area contributed by atoms with Crippen molar-refractivity contribution in [3.63, 3.8) is 0 Å². The summed E-state index contributed by atoms with van der Waals surface area (Å²) in [6, 6.07) is 0. The van der Waals surface area contributed by atoms with Gasteiger partial charge in [-0.1, -0.05) is 25.6 Å². The number of aromatic nitrogens is 5. The van der Waals surface area contributed by atoms with Gasteiger partial charge in [0.25, 0.3) is 5.91 Å². The molecule has 1 fully saturated rings. The van der Waals surface area contributed by atoms with Crippen LogP contribution < -0.4 is 0 Å². The molecule has 1 aliphatic heterocycles. The molecule has 0 aromatic carbocycles. The zero-order valence-electron chi connectivity index (χ0n) is 14.6. The number of H-pyrrole nitrogens is 1. The molecule has 0 bridgehead atoms. The molecule has 0 saturated carbocycles. The Kier molecular flexibility index (Phi) is 5.98. The van der Waals surface area contributed by atoms with Crippen LogP contribution in [0.5, 0.6) is 0 Å². The van der Waals surface area contributed by atoms with E-state index in [1.165, 1.54) is 6.33 Å². The van der Waals surface area contributed by atoms with Crippen LogP contribution in [-0.2, 0) is 6.54 Å². The van der Waals surface area contributed by atoms with Crippen LogP contribution >= 0.6 is 11.8 Å². The fourth-order valence-electron chi connectivity index (χ4n) is 2.57. The summed E-state index contributed by atoms with van der Waals surface area (Å²) in [5.74, 6) is 0.211. The highest BCUT2D eigenvalue weighted by atomic mass is 32.2. The van der Waals surface area contributed by atoms with Gasteiger partial charge in [0.1, 0.15) is 6.33 Å². The van der Waals surface area contributed by atoms with E-state index in [9.17, 15) is 4.79 Å². The molecule has 2 aromatic rings. The number of amides is 1. The first-order valence-electron chi connectivity index (χ1n) is 8.50. The largest absolute Gasteiger partial charge is 0.333 e. The molecule has 1 aliphatic rings. The quantitative estimate of drug-likeness (QED) is 0.615. The first kappa shape index (κ1) is 17.8. The SMILES string of the molecule is CCC(C)Sc1ncc(CN2CCN(C(=O)c3ncn[nH]3)CC2)cn1. The lowest BCUT2D eigenvalue weighted by atomic mass is 10.2. The summed E-state index contributed by atoms with van der Waals surface area (Å²) in [4.78, 5) is 29.2. The molecule has 3 rings (SSSR count). The van der Waals surface area contributed by atoms with Crippen LogP contribution in [0.1, 0.15) is 36.5 Å². The highest BCUT2D eigenvalue weighted by Gasteiger charge is 2.23. The van der Waals surface area contributed by atoms with Crippen molar-refractivity contribution in [3.05, 3.63) is 30.1 Å². The van der Waals surface area contributed by atoms with Crippen molar-refractivity contribution in [1.82, 2.24) is 34.9 Å². The average Bonchev–Trinajstić information content (AvgIpc) is 3.18. The minimum absolute atomic E-state index is 0.0908. The van der Waals surface area contributed by atoms with Crippen molar-refractivity contribution in [2.75, 3.05) is 26.2 Å². The smallest absolute Gasteiger partial charge is 0.291 e. The van der Waals surface area contributed by atoms with E-state index in [1.807, 2.05) is 12.4 Å². The molecule has 1 N–H and O–H groups in total. The summed E-state index contributed by atoms with van der Waals surface area (Å²) >= 11 is 1.71. The Hall–Kier alpha value is -2.00. The topological polar surface area (TPSA) is 90.9 Å². The van der Waals surface area contributed by atoms with Gasteiger partial charge in [0.15, 0.2) is 5.16 Å². The van der Waals surface area contributed by atoms with Gasteiger partial charge < -0.3 is 4.90 Å². The Bertz CT molecular complexity index is 668. The molecule has 0 spiro atoms. The van der Waals surface area contributed by atoms with Gasteiger partial charge in [0.05, 0.1) is 0 Å².